The van der Waals surface area contributed by atoms with E-state index in [0.29, 0.717) is 195 Å². The van der Waals surface area contributed by atoms with E-state index in [1.54, 1.807) is 64.5 Å². The van der Waals surface area contributed by atoms with Gasteiger partial charge in [0.05, 0.1) is 81.6 Å². The molecule has 0 amide bonds. The van der Waals surface area contributed by atoms with Crippen molar-refractivity contribution in [1.82, 2.24) is 45.6 Å². The second-order valence-electron chi connectivity index (χ2n) is 27.4. The minimum Gasteiger partial charge on any atom is -0.481 e. The van der Waals surface area contributed by atoms with E-state index in [2.05, 4.69) is 93.4 Å². The Labute approximate surface area is 701 Å². The first-order chi connectivity index (χ1) is 55.5. The molecule has 12 rings (SSSR count). The summed E-state index contributed by atoms with van der Waals surface area (Å²) in [5.41, 5.74) is 4.91. The number of carbonyl (C=O) groups is 6. The maximum absolute atomic E-state index is 14.0. The lowest BCUT2D eigenvalue weighted by molar-refractivity contribution is -0.142. The van der Waals surface area contributed by atoms with Crippen molar-refractivity contribution in [2.75, 3.05) is 98.7 Å². The van der Waals surface area contributed by atoms with Crippen LogP contribution in [0, 0.1) is 23.4 Å². The number of halogens is 6. The highest BCUT2D eigenvalue weighted by Crippen LogP contribution is 2.41. The number of benzene rings is 3. The highest BCUT2D eigenvalue weighted by atomic mass is 79.9. The zero-order chi connectivity index (χ0) is 82.1. The number of aliphatic carboxylic acids is 3. The van der Waals surface area contributed by atoms with Crippen molar-refractivity contribution in [3.05, 3.63) is 186 Å². The predicted molar refractivity (Wildman–Crippen MR) is 438 cm³/mol. The molecule has 618 valence electrons. The van der Waals surface area contributed by atoms with Crippen LogP contribution in [0.5, 0.6) is 0 Å². The number of unbranched alkanes of at least 4 members (excludes halogenated alkanes) is 2. The Balaban J connectivity index is 0.000000182. The second-order valence-corrected chi connectivity index (χ2v) is 32.7. The third-order valence-corrected chi connectivity index (χ3v) is 23.9. The maximum Gasteiger partial charge on any atom is 0.338 e. The van der Waals surface area contributed by atoms with Gasteiger partial charge in [0.25, 0.3) is 0 Å². The predicted octanol–water partition coefficient (Wildman–Crippen LogP) is 13.1. The summed E-state index contributed by atoms with van der Waals surface area (Å²) in [6.07, 6.45) is 11.7. The van der Waals surface area contributed by atoms with Crippen LogP contribution in [0.3, 0.4) is 0 Å². The summed E-state index contributed by atoms with van der Waals surface area (Å²) in [6, 6.07) is 10.9. The van der Waals surface area contributed by atoms with Crippen LogP contribution < -0.4 is 16.0 Å². The molecule has 36 heteroatoms. The summed E-state index contributed by atoms with van der Waals surface area (Å²) >= 11 is 14.6. The van der Waals surface area contributed by atoms with Crippen LogP contribution in [0.4, 0.5) is 13.2 Å². The average Bonchev–Trinajstić information content (AvgIpc) is 1.39. The monoisotopic (exact) mass is 1840 g/mol. The number of aliphatic imine (C=N–C) groups is 3. The standard InChI is InChI=1S/C27H32BrFN4O5S.2C26H30BrFN4O5S/c1-3-38-27(36)22-21(14-33-10-11-37-15-18(33)6-4-5-16(2)26(34)35)31-24(25-30-9-12-39-25)32-23(22)19-8-7-17(29)13-20(19)28;1-2-37-26(35)22-20(14-32-10-11-36-15-17(32)5-3-4-6-21(33)34)30-24(25-29-9-12-38-25)31-23(22)18-8-7-16(28)13-19(18)27;1-2-36-26(35)22-20(15-32-10-11-37-17(14-32)5-3-4-6-21(33)34)30-24(25-29-9-12-38-25)31-23(22)18-8-7-16(28)13-19(18)27/h7-9,12-13,16,18,23H,3-6,10-11,14-15H2,1-2H3,(H,31,32)(H,34,35);2*7-9,12-13,17,23H,2-6,10-11,14-15H2,1H3,(H,30,31)(H,33,34)/t16?,18-,23+;2*17-,23+/m111/s1. The molecule has 3 aromatic carbocycles. The molecule has 115 heavy (non-hydrogen) atoms. The molecule has 0 aliphatic carbocycles. The number of nitrogens with zero attached hydrogens (tertiary/aromatic N) is 9. The quantitative estimate of drug-likeness (QED) is 0.0127. The number of amidine groups is 3. The third-order valence-electron chi connectivity index (χ3n) is 19.5. The molecule has 3 fully saturated rings. The normalized spacial score (nSPS) is 20.3. The molecule has 1 unspecified atom stereocenters. The summed E-state index contributed by atoms with van der Waals surface area (Å²) in [5.74, 6) is -3.91. The van der Waals surface area contributed by atoms with Gasteiger partial charge in [-0.3, -0.25) is 44.1 Å². The van der Waals surface area contributed by atoms with Crippen molar-refractivity contribution >= 4 is 135 Å². The first-order valence-corrected chi connectivity index (χ1v) is 43.0. The van der Waals surface area contributed by atoms with E-state index in [-0.39, 0.29) is 50.8 Å². The molecule has 6 aliphatic heterocycles. The summed E-state index contributed by atoms with van der Waals surface area (Å²) in [7, 11) is 0. The molecule has 3 aromatic heterocycles. The molecule has 6 aromatic rings. The molecule has 9 heterocycles. The number of aromatic nitrogens is 3. The van der Waals surface area contributed by atoms with Gasteiger partial charge in [0.2, 0.25) is 0 Å². The van der Waals surface area contributed by atoms with Crippen molar-refractivity contribution in [3.63, 3.8) is 0 Å². The van der Waals surface area contributed by atoms with Crippen LogP contribution in [-0.2, 0) is 57.2 Å². The number of nitrogens with one attached hydrogen (secondary N) is 3. The molecule has 6 aliphatic rings. The summed E-state index contributed by atoms with van der Waals surface area (Å²) in [6.45, 7) is 14.0. The molecule has 7 atom stereocenters. The van der Waals surface area contributed by atoms with E-state index >= 15 is 0 Å². The van der Waals surface area contributed by atoms with Crippen LogP contribution in [0.1, 0.15) is 148 Å². The maximum atomic E-state index is 14.0. The molecular formula is C79H92Br3F3N12O15S3. The first kappa shape index (κ1) is 89.3. The molecule has 3 saturated heterocycles. The Morgan fingerprint density at radius 2 is 0.913 bits per heavy atom. The van der Waals surface area contributed by atoms with E-state index in [0.717, 1.165) is 38.5 Å². The molecule has 0 bridgehead atoms. The van der Waals surface area contributed by atoms with E-state index < -0.39 is 77.3 Å². The molecule has 0 spiro atoms. The van der Waals surface area contributed by atoms with Crippen molar-refractivity contribution in [1.29, 1.82) is 0 Å². The minimum atomic E-state index is -0.801. The van der Waals surface area contributed by atoms with E-state index in [9.17, 15) is 47.0 Å². The lowest BCUT2D eigenvalue weighted by Gasteiger charge is -2.38. The average molecular weight is 1840 g/mol. The summed E-state index contributed by atoms with van der Waals surface area (Å²) in [4.78, 5) is 108. The van der Waals surface area contributed by atoms with Crippen LogP contribution >= 0.6 is 81.8 Å². The lowest BCUT2D eigenvalue weighted by Crippen LogP contribution is -2.49. The van der Waals surface area contributed by atoms with Gasteiger partial charge in [0.1, 0.15) is 35.6 Å². The highest BCUT2D eigenvalue weighted by Gasteiger charge is 2.40. The van der Waals surface area contributed by atoms with E-state index in [1.807, 2.05) is 16.1 Å². The topological polar surface area (TPSA) is 340 Å². The van der Waals surface area contributed by atoms with Crippen LogP contribution in [0.2, 0.25) is 0 Å². The van der Waals surface area contributed by atoms with Crippen molar-refractivity contribution in [2.24, 2.45) is 20.9 Å². The number of carboxylic acid groups (broad SMARTS) is 3. The molecule has 27 nitrogen and oxygen atoms in total. The number of thiazole rings is 3. The van der Waals surface area contributed by atoms with Gasteiger partial charge >= 0.3 is 35.8 Å². The number of ether oxygens (including phenoxy) is 6. The number of carbonyl (C=O) groups excluding carboxylic acids is 3. The minimum absolute atomic E-state index is 0.0260. The van der Waals surface area contributed by atoms with Crippen LogP contribution in [-0.4, -0.2) is 215 Å². The lowest BCUT2D eigenvalue weighted by atomic mass is 9.94. The fourth-order valence-electron chi connectivity index (χ4n) is 13.8. The SMILES string of the molecule is CCOC(=O)C1=C(CN2CCOC[C@H]2CCCC(C)C(=O)O)NC(c2nccs2)=N[C@H]1c1ccc(F)cc1Br.CCOC(=O)C1=C(CN2CCOC[C@H]2CCCCC(=O)O)NC(c2nccs2)=N[C@H]1c1ccc(F)cc1Br.CCOC(=O)C1=C(CN2CCO[C@H](CCCCC(=O)O)C2)NC(c2nccs2)=N[C@H]1c1ccc(F)cc1Br. The summed E-state index contributed by atoms with van der Waals surface area (Å²) in [5, 5.41) is 44.7. The fourth-order valence-corrected chi connectivity index (χ4v) is 17.3. The van der Waals surface area contributed by atoms with Gasteiger partial charge < -0.3 is 59.7 Å². The molecule has 6 N–H and O–H groups in total. The van der Waals surface area contributed by atoms with Gasteiger partial charge in [-0.1, -0.05) is 92.2 Å². The van der Waals surface area contributed by atoms with E-state index in [4.69, 9.17) is 53.6 Å². The largest absolute Gasteiger partial charge is 0.481 e. The highest BCUT2D eigenvalue weighted by molar-refractivity contribution is 9.11. The van der Waals surface area contributed by atoms with Crippen molar-refractivity contribution in [2.45, 2.75) is 135 Å². The van der Waals surface area contributed by atoms with Gasteiger partial charge in [0, 0.05) is 136 Å². The number of rotatable bonds is 33. The Morgan fingerprint density at radius 3 is 1.27 bits per heavy atom. The smallest absolute Gasteiger partial charge is 0.338 e. The zero-order valence-electron chi connectivity index (χ0n) is 63.8. The molecule has 0 radical (unpaired) electrons. The van der Waals surface area contributed by atoms with Gasteiger partial charge in [-0.2, -0.15) is 0 Å². The second kappa shape index (κ2) is 44.5. The molecular weight excluding hydrogens is 1750 g/mol. The van der Waals surface area contributed by atoms with Gasteiger partial charge in [-0.05, 0) is 112 Å². The Kier molecular flexibility index (Phi) is 34.6. The van der Waals surface area contributed by atoms with Crippen molar-refractivity contribution in [3.8, 4) is 0 Å². The fraction of sp³-hybridized carbons (Fsp3) is 0.468. The van der Waals surface area contributed by atoms with Gasteiger partial charge in [-0.15, -0.1) is 34.0 Å². The van der Waals surface area contributed by atoms with Crippen LogP contribution in [0.25, 0.3) is 0 Å². The number of morpholine rings is 3. The van der Waals surface area contributed by atoms with E-state index in [1.165, 1.54) is 70.4 Å². The molecule has 0 saturated carbocycles. The van der Waals surface area contributed by atoms with Crippen LogP contribution in [0.15, 0.2) is 152 Å². The number of esters is 3. The Bertz CT molecular complexity index is 4540. The van der Waals surface area contributed by atoms with Gasteiger partial charge in [-0.25, -0.2) is 42.5 Å². The number of carboxylic acids is 3. The number of hydrogen-bond donors (Lipinski definition) is 6. The third kappa shape index (κ3) is 25.3. The first-order valence-electron chi connectivity index (χ1n) is 37.9. The Morgan fingerprint density at radius 1 is 0.530 bits per heavy atom. The Hall–Kier alpha value is -8.01. The zero-order valence-corrected chi connectivity index (χ0v) is 71.1. The van der Waals surface area contributed by atoms with Crippen molar-refractivity contribution < 1.29 is 85.7 Å². The number of hydrogen-bond acceptors (Lipinski definition) is 27. The van der Waals surface area contributed by atoms with Gasteiger partial charge in [0.15, 0.2) is 32.5 Å². The summed E-state index contributed by atoms with van der Waals surface area (Å²) < 4.78 is 77.1.